The second-order valence-electron chi connectivity index (χ2n) is 28.3. The molecule has 4 saturated heterocycles. The molecule has 12 aliphatic heterocycles. The number of imide groups is 4. The second-order valence-corrected chi connectivity index (χ2v) is 32.4. The second kappa shape index (κ2) is 25.5. The summed E-state index contributed by atoms with van der Waals surface area (Å²) in [6.45, 7) is 11.3. The lowest BCUT2D eigenvalue weighted by Gasteiger charge is -2.39. The monoisotopic (exact) mass is 1750 g/mol. The average Bonchev–Trinajstić information content (AvgIpc) is 1.50. The zero-order valence-corrected chi connectivity index (χ0v) is 67.5. The van der Waals surface area contributed by atoms with Crippen molar-refractivity contribution >= 4 is 210 Å². The number of ether oxygens (including phenoxy) is 12. The van der Waals surface area contributed by atoms with Gasteiger partial charge < -0.3 is 56.8 Å². The highest BCUT2D eigenvalue weighted by molar-refractivity contribution is 6.90. The van der Waals surface area contributed by atoms with Crippen molar-refractivity contribution in [3.63, 3.8) is 0 Å². The maximum Gasteiger partial charge on any atom is 0.358 e. The fraction of sp³-hybridized carbons (Fsp3) is 0.389. The summed E-state index contributed by atoms with van der Waals surface area (Å²) in [5.41, 5.74) is -6.04. The minimum Gasteiger partial charge on any atom is -0.467 e. The third-order valence-electron chi connectivity index (χ3n) is 21.8. The molecule has 17 rings (SSSR count). The van der Waals surface area contributed by atoms with E-state index in [0.29, 0.717) is 19.6 Å². The Labute approximate surface area is 691 Å². The number of halogens is 8. The molecule has 4 aromatic rings. The van der Waals surface area contributed by atoms with E-state index in [2.05, 4.69) is 39.9 Å². The van der Waals surface area contributed by atoms with Crippen molar-refractivity contribution in [3.05, 3.63) is 93.0 Å². The highest BCUT2D eigenvalue weighted by atomic mass is 35.5. The number of esters is 4. The molecule has 0 aromatic heterocycles. The molecule has 12 atom stereocenters. The van der Waals surface area contributed by atoms with Gasteiger partial charge in [-0.05, 0) is 145 Å². The molecular weight excluding hydrogens is 1700 g/mol. The van der Waals surface area contributed by atoms with Gasteiger partial charge in [-0.25, -0.2) is 59.1 Å². The number of amides is 8. The number of nitrogens with zero attached hydrogens (tertiary/aromatic N) is 12. The van der Waals surface area contributed by atoms with E-state index in [-0.39, 0.29) is 44.5 Å². The van der Waals surface area contributed by atoms with Crippen LogP contribution in [0, 0.1) is 0 Å². The molecule has 4 aromatic carbocycles. The lowest BCUT2D eigenvalue weighted by Crippen LogP contribution is -2.56. The van der Waals surface area contributed by atoms with Crippen LogP contribution in [0.3, 0.4) is 0 Å². The van der Waals surface area contributed by atoms with Crippen molar-refractivity contribution in [3.8, 4) is 46.0 Å². The molecule has 0 N–H and O–H groups in total. The number of likely N-dealkylation sites (tertiary alicyclic amines) is 4. The van der Waals surface area contributed by atoms with E-state index in [1.807, 2.05) is 0 Å². The third-order valence-corrected chi connectivity index (χ3v) is 25.5. The molecule has 4 fully saturated rings. The molecule has 36 nitrogen and oxygen atoms in total. The van der Waals surface area contributed by atoms with E-state index < -0.39 is 252 Å². The molecule has 8 amide bonds. The minimum absolute atomic E-state index is 0.0649. The number of aliphatic imine (C=N–C) groups is 8. The number of alkyl halides is 8. The standard InChI is InChI=1S/C72H52Cl8N12O24/c1-21-29-13-31-22(2)33-15-35-24(4)36-16-34-23(3)32-14-30(21)38-18-40(32)112-68(76)70(78,86-50-48(84-68)56(96)91(58(50)98)27(7)63(103)107-11)114-42(34)20-44(36)116-72(80)71(79,87-51-52(88-72)60(100)92(59(51)99)28(8)64(104)108-12)115-43(35)19-41(33)113-69(77)67(75,83-47-49(85-69)57(97)90(55(47)95)26(6)62(102)106-10)111-39(31)17-37(29)109-65(73)66(74,110-38)82-46-45(81-65)53(93)89(54(46)94)25(5)61(101)105-9/h13-28H,1-12H3. The number of fused-ring (bicyclic) bond motifs is 8. The first kappa shape index (κ1) is 77.9. The lowest BCUT2D eigenvalue weighted by atomic mass is 9.80. The van der Waals surface area contributed by atoms with E-state index in [1.165, 1.54) is 76.2 Å². The van der Waals surface area contributed by atoms with E-state index in [1.54, 1.807) is 27.7 Å². The lowest BCUT2D eigenvalue weighted by molar-refractivity contribution is -0.153. The SMILES string of the molecule is COC(=O)C(C)N1C(=O)C2=NC3(Cl)Oc4cc5c6cc4C(C)c4cc7c(cc4OC3(Cl)N=C2C1=O)OC1(Cl)N=C2C(=O)N(C(C)C(=O)OC)C(=O)C2=NC1(Cl)Oc1cc2c(cc1C7C)C(C)c1cc(c(cc1OC1(Cl)N=C3C(=O)N(C(C)C(=O)OC)C(=O)C3=NC1(Cl)O2)OC1(Cl)N=C2C(=O)N(C(C)C(=O)OC)C(=O)C2=NC1(Cl)O5)C6C. The van der Waals surface area contributed by atoms with Gasteiger partial charge in [-0.2, -0.15) is 0 Å². The third kappa shape index (κ3) is 10.5. The van der Waals surface area contributed by atoms with Crippen molar-refractivity contribution < 1.29 is 114 Å². The number of benzene rings is 4. The van der Waals surface area contributed by atoms with Crippen molar-refractivity contribution in [2.45, 2.75) is 145 Å². The van der Waals surface area contributed by atoms with E-state index >= 15 is 0 Å². The van der Waals surface area contributed by atoms with Crippen LogP contribution in [-0.4, -0.2) is 231 Å². The largest absolute Gasteiger partial charge is 0.467 e. The van der Waals surface area contributed by atoms with Crippen LogP contribution in [0.15, 0.2) is 88.5 Å². The number of methoxy groups -OCH3 is 4. The smallest absolute Gasteiger partial charge is 0.358 e. The van der Waals surface area contributed by atoms with Gasteiger partial charge >= 0.3 is 65.4 Å². The summed E-state index contributed by atoms with van der Waals surface area (Å²) in [5, 5.41) is -25.4. The zero-order valence-electron chi connectivity index (χ0n) is 61.4. The Kier molecular flexibility index (Phi) is 17.1. The number of carbonyl (C=O) groups excluding carboxylic acids is 12. The number of carbonyl (C=O) groups is 12. The molecule has 0 saturated carbocycles. The highest BCUT2D eigenvalue weighted by Gasteiger charge is 2.70. The first-order chi connectivity index (χ1) is 54.4. The quantitative estimate of drug-likeness (QED) is 0.0628. The van der Waals surface area contributed by atoms with Crippen LogP contribution in [0.2, 0.25) is 0 Å². The van der Waals surface area contributed by atoms with Gasteiger partial charge in [0.05, 0.1) is 28.4 Å². The summed E-state index contributed by atoms with van der Waals surface area (Å²) >= 11 is 62.2. The van der Waals surface area contributed by atoms with Crippen molar-refractivity contribution in [2.24, 2.45) is 39.9 Å². The van der Waals surface area contributed by atoms with Gasteiger partial charge in [-0.1, -0.05) is 27.7 Å². The Balaban J connectivity index is 0.992. The molecule has 0 radical (unpaired) electrons. The Morgan fingerprint density at radius 1 is 0.276 bits per heavy atom. The Morgan fingerprint density at radius 2 is 0.397 bits per heavy atom. The zero-order chi connectivity index (χ0) is 83.5. The highest BCUT2D eigenvalue weighted by Crippen LogP contribution is 2.61. The molecule has 1 aliphatic carbocycles. The van der Waals surface area contributed by atoms with Gasteiger partial charge in [0.2, 0.25) is 0 Å². The number of hydrogen-bond donors (Lipinski definition) is 0. The van der Waals surface area contributed by atoms with Crippen molar-refractivity contribution in [1.29, 1.82) is 0 Å². The molecule has 12 heterocycles. The van der Waals surface area contributed by atoms with Crippen LogP contribution >= 0.6 is 92.8 Å². The maximum absolute atomic E-state index is 14.7. The summed E-state index contributed by atoms with van der Waals surface area (Å²) in [5.74, 6) is -22.3. The van der Waals surface area contributed by atoms with Crippen LogP contribution in [0.1, 0.15) is 124 Å². The van der Waals surface area contributed by atoms with Crippen LogP contribution < -0.4 is 37.9 Å². The van der Waals surface area contributed by atoms with E-state index in [0.717, 1.165) is 28.4 Å². The molecule has 600 valence electrons. The Bertz CT molecular complexity index is 4810. The first-order valence-electron chi connectivity index (χ1n) is 34.8. The van der Waals surface area contributed by atoms with Crippen molar-refractivity contribution in [1.82, 2.24) is 19.6 Å². The van der Waals surface area contributed by atoms with Crippen LogP contribution in [-0.2, 0) is 76.5 Å². The molecular formula is C72H52Cl8N12O24. The van der Waals surface area contributed by atoms with Gasteiger partial charge in [0.1, 0.15) is 70.2 Å². The van der Waals surface area contributed by atoms with Gasteiger partial charge in [-0.15, -0.1) is 0 Å². The molecule has 44 heteroatoms. The maximum atomic E-state index is 14.7. The average molecular weight is 1750 g/mol. The minimum atomic E-state index is -3.17. The molecule has 116 heavy (non-hydrogen) atoms. The summed E-state index contributed by atoms with van der Waals surface area (Å²) < 4.78 is 74.8. The molecule has 13 aliphatic rings. The van der Waals surface area contributed by atoms with Crippen molar-refractivity contribution in [2.75, 3.05) is 28.4 Å². The van der Waals surface area contributed by atoms with Gasteiger partial charge in [-0.3, -0.25) is 58.0 Å². The fourth-order valence-electron chi connectivity index (χ4n) is 15.4. The van der Waals surface area contributed by atoms with Gasteiger partial charge in [0, 0.05) is 92.4 Å². The summed E-state index contributed by atoms with van der Waals surface area (Å²) in [6.07, 6.45) is 0. The summed E-state index contributed by atoms with van der Waals surface area (Å²) in [4.78, 5) is 209. The molecule has 0 spiro atoms. The van der Waals surface area contributed by atoms with Gasteiger partial charge in [0.25, 0.3) is 47.3 Å². The summed E-state index contributed by atoms with van der Waals surface area (Å²) in [6, 6.07) is 4.30. The normalized spacial score (nSPS) is 31.9. The predicted molar refractivity (Wildman–Crippen MR) is 402 cm³/mol. The van der Waals surface area contributed by atoms with Crippen LogP contribution in [0.4, 0.5) is 0 Å². The Morgan fingerprint density at radius 3 is 0.509 bits per heavy atom. The Hall–Kier alpha value is -10.6. The molecule has 12 unspecified atom stereocenters. The molecule has 8 bridgehead atoms. The number of hydrogen-bond acceptors (Lipinski definition) is 32. The number of rotatable bonds is 8. The first-order valence-corrected chi connectivity index (χ1v) is 37.8. The predicted octanol–water partition coefficient (Wildman–Crippen LogP) is 6.14. The topological polar surface area (TPSA) is 427 Å². The van der Waals surface area contributed by atoms with Gasteiger partial charge in [0.15, 0.2) is 45.7 Å². The summed E-state index contributed by atoms with van der Waals surface area (Å²) in [7, 11) is 4.04. The van der Waals surface area contributed by atoms with E-state index in [4.69, 9.17) is 150 Å². The van der Waals surface area contributed by atoms with Crippen LogP contribution in [0.5, 0.6) is 46.0 Å². The van der Waals surface area contributed by atoms with E-state index in [9.17, 15) is 57.5 Å². The fourth-order valence-corrected chi connectivity index (χ4v) is 17.4. The van der Waals surface area contributed by atoms with Crippen LogP contribution in [0.25, 0.3) is 0 Å².